The van der Waals surface area contributed by atoms with Gasteiger partial charge in [-0.2, -0.15) is 5.10 Å². The summed E-state index contributed by atoms with van der Waals surface area (Å²) in [5, 5.41) is 4.42. The second-order valence-corrected chi connectivity index (χ2v) is 7.67. The first-order valence-electron chi connectivity index (χ1n) is 9.64. The van der Waals surface area contributed by atoms with E-state index in [9.17, 15) is 4.79 Å². The van der Waals surface area contributed by atoms with Crippen molar-refractivity contribution < 1.29 is 9.53 Å². The standard InChI is InChI=1S/C21H27N3O2/c1-15(2)24-14-18(12-22-24)20-19(9-11-26-20)21(25)23-10-5-8-16-6-3-4-7-17(16)13-23/h3-4,6-7,12,14-15,19-20H,5,8-11,13H2,1-2H3/t19-,20+/m0/s1. The topological polar surface area (TPSA) is 47.4 Å². The molecule has 0 bridgehead atoms. The molecule has 0 radical (unpaired) electrons. The summed E-state index contributed by atoms with van der Waals surface area (Å²) < 4.78 is 7.89. The van der Waals surface area contributed by atoms with Crippen molar-refractivity contribution in [3.05, 3.63) is 53.3 Å². The van der Waals surface area contributed by atoms with E-state index in [0.29, 0.717) is 19.2 Å². The number of hydrogen-bond acceptors (Lipinski definition) is 3. The van der Waals surface area contributed by atoms with E-state index in [1.54, 1.807) is 0 Å². The van der Waals surface area contributed by atoms with Crippen LogP contribution in [0.25, 0.3) is 0 Å². The Balaban J connectivity index is 1.53. The van der Waals surface area contributed by atoms with Gasteiger partial charge in [-0.25, -0.2) is 0 Å². The van der Waals surface area contributed by atoms with Gasteiger partial charge in [0.15, 0.2) is 0 Å². The van der Waals surface area contributed by atoms with Gasteiger partial charge in [0.2, 0.25) is 5.91 Å². The highest BCUT2D eigenvalue weighted by Gasteiger charge is 2.38. The molecule has 0 aliphatic carbocycles. The molecule has 2 aromatic rings. The van der Waals surface area contributed by atoms with Crippen molar-refractivity contribution in [2.45, 2.75) is 51.8 Å². The third kappa shape index (κ3) is 3.28. The summed E-state index contributed by atoms with van der Waals surface area (Å²) in [6, 6.07) is 8.79. The quantitative estimate of drug-likeness (QED) is 0.848. The van der Waals surface area contributed by atoms with Gasteiger partial charge >= 0.3 is 0 Å². The first-order valence-corrected chi connectivity index (χ1v) is 9.64. The Labute approximate surface area is 154 Å². The fourth-order valence-corrected chi connectivity index (χ4v) is 4.08. The number of aryl methyl sites for hydroxylation is 1. The monoisotopic (exact) mass is 353 g/mol. The van der Waals surface area contributed by atoms with Gasteiger partial charge in [-0.15, -0.1) is 0 Å². The van der Waals surface area contributed by atoms with Crippen LogP contribution in [0.15, 0.2) is 36.7 Å². The molecule has 0 spiro atoms. The first kappa shape index (κ1) is 17.3. The van der Waals surface area contributed by atoms with Gasteiger partial charge in [0, 0.05) is 37.5 Å². The molecule has 5 heteroatoms. The van der Waals surface area contributed by atoms with Crippen LogP contribution in [0, 0.1) is 5.92 Å². The summed E-state index contributed by atoms with van der Waals surface area (Å²) in [5.74, 6) is 0.117. The predicted molar refractivity (Wildman–Crippen MR) is 99.6 cm³/mol. The molecule has 1 saturated heterocycles. The van der Waals surface area contributed by atoms with Crippen molar-refractivity contribution in [1.29, 1.82) is 0 Å². The molecule has 0 unspecified atom stereocenters. The average Bonchev–Trinajstić information content (AvgIpc) is 3.25. The average molecular weight is 353 g/mol. The van der Waals surface area contributed by atoms with Gasteiger partial charge < -0.3 is 9.64 Å². The van der Waals surface area contributed by atoms with Crippen LogP contribution in [0.1, 0.15) is 55.5 Å². The van der Waals surface area contributed by atoms with E-state index in [2.05, 4.69) is 43.2 Å². The van der Waals surface area contributed by atoms with Gasteiger partial charge in [0.1, 0.15) is 0 Å². The molecule has 3 heterocycles. The lowest BCUT2D eigenvalue weighted by Gasteiger charge is -2.26. The van der Waals surface area contributed by atoms with Crippen molar-refractivity contribution in [1.82, 2.24) is 14.7 Å². The summed E-state index contributed by atoms with van der Waals surface area (Å²) >= 11 is 0. The number of fused-ring (bicyclic) bond motifs is 1. The third-order valence-corrected chi connectivity index (χ3v) is 5.55. The molecule has 2 aliphatic heterocycles. The fourth-order valence-electron chi connectivity index (χ4n) is 4.08. The van der Waals surface area contributed by atoms with Crippen LogP contribution in [0.4, 0.5) is 0 Å². The van der Waals surface area contributed by atoms with Crippen LogP contribution in [-0.2, 0) is 22.5 Å². The molecular formula is C21H27N3O2. The number of carbonyl (C=O) groups is 1. The lowest BCUT2D eigenvalue weighted by atomic mass is 9.95. The number of carbonyl (C=O) groups excluding carboxylic acids is 1. The highest BCUT2D eigenvalue weighted by molar-refractivity contribution is 5.80. The molecule has 1 aromatic heterocycles. The number of ether oxygens (including phenoxy) is 1. The molecule has 4 rings (SSSR count). The molecule has 1 fully saturated rings. The number of nitrogens with zero attached hydrogens (tertiary/aromatic N) is 3. The number of aromatic nitrogens is 2. The van der Waals surface area contributed by atoms with Crippen molar-refractivity contribution in [2.24, 2.45) is 5.92 Å². The highest BCUT2D eigenvalue weighted by atomic mass is 16.5. The Morgan fingerprint density at radius 1 is 1.27 bits per heavy atom. The first-order chi connectivity index (χ1) is 12.6. The zero-order chi connectivity index (χ0) is 18.1. The van der Waals surface area contributed by atoms with E-state index in [-0.39, 0.29) is 17.9 Å². The van der Waals surface area contributed by atoms with Gasteiger partial charge in [-0.3, -0.25) is 9.48 Å². The Kier molecular flexibility index (Phi) is 4.81. The second kappa shape index (κ2) is 7.23. The lowest BCUT2D eigenvalue weighted by molar-refractivity contribution is -0.138. The molecule has 1 aromatic carbocycles. The van der Waals surface area contributed by atoms with Gasteiger partial charge in [-0.05, 0) is 44.2 Å². The van der Waals surface area contributed by atoms with E-state index < -0.39 is 0 Å². The second-order valence-electron chi connectivity index (χ2n) is 7.67. The summed E-state index contributed by atoms with van der Waals surface area (Å²) in [5.41, 5.74) is 3.67. The molecule has 1 amide bonds. The van der Waals surface area contributed by atoms with E-state index in [4.69, 9.17) is 4.74 Å². The summed E-state index contributed by atoms with van der Waals surface area (Å²) in [6.45, 7) is 6.37. The number of rotatable bonds is 3. The Morgan fingerprint density at radius 2 is 2.08 bits per heavy atom. The van der Waals surface area contributed by atoms with Crippen LogP contribution < -0.4 is 0 Å². The fraction of sp³-hybridized carbons (Fsp3) is 0.524. The van der Waals surface area contributed by atoms with Crippen LogP contribution >= 0.6 is 0 Å². The van der Waals surface area contributed by atoms with Crippen LogP contribution in [0.5, 0.6) is 0 Å². The van der Waals surface area contributed by atoms with Gasteiger partial charge in [0.25, 0.3) is 0 Å². The molecule has 5 nitrogen and oxygen atoms in total. The largest absolute Gasteiger partial charge is 0.373 e. The van der Waals surface area contributed by atoms with Crippen molar-refractivity contribution in [2.75, 3.05) is 13.2 Å². The summed E-state index contributed by atoms with van der Waals surface area (Å²) in [7, 11) is 0. The molecule has 0 N–H and O–H groups in total. The Hall–Kier alpha value is -2.14. The molecular weight excluding hydrogens is 326 g/mol. The van der Waals surface area contributed by atoms with Gasteiger partial charge in [-0.1, -0.05) is 24.3 Å². The highest BCUT2D eigenvalue weighted by Crippen LogP contribution is 2.36. The summed E-state index contributed by atoms with van der Waals surface area (Å²) in [6.07, 6.45) is 6.56. The van der Waals surface area contributed by atoms with Crippen LogP contribution in [0.3, 0.4) is 0 Å². The lowest BCUT2D eigenvalue weighted by Crippen LogP contribution is -2.37. The minimum absolute atomic E-state index is 0.106. The van der Waals surface area contributed by atoms with Crippen LogP contribution in [-0.4, -0.2) is 33.7 Å². The molecule has 0 saturated carbocycles. The van der Waals surface area contributed by atoms with E-state index >= 15 is 0 Å². The van der Waals surface area contributed by atoms with Crippen molar-refractivity contribution >= 4 is 5.91 Å². The van der Waals surface area contributed by atoms with Crippen LogP contribution in [0.2, 0.25) is 0 Å². The predicted octanol–water partition coefficient (Wildman–Crippen LogP) is 3.52. The number of benzene rings is 1. The minimum atomic E-state index is -0.173. The number of amides is 1. The third-order valence-electron chi connectivity index (χ3n) is 5.55. The maximum Gasteiger partial charge on any atom is 0.229 e. The Morgan fingerprint density at radius 3 is 2.85 bits per heavy atom. The molecule has 138 valence electrons. The Bertz CT molecular complexity index is 783. The normalized spacial score (nSPS) is 23.1. The van der Waals surface area contributed by atoms with Crippen molar-refractivity contribution in [3.63, 3.8) is 0 Å². The van der Waals surface area contributed by atoms with Gasteiger partial charge in [0.05, 0.1) is 18.2 Å². The molecule has 2 aliphatic rings. The van der Waals surface area contributed by atoms with Crippen molar-refractivity contribution in [3.8, 4) is 0 Å². The number of hydrogen-bond donors (Lipinski definition) is 0. The van der Waals surface area contributed by atoms with E-state index in [0.717, 1.165) is 31.4 Å². The molecule has 26 heavy (non-hydrogen) atoms. The maximum atomic E-state index is 13.3. The zero-order valence-electron chi connectivity index (χ0n) is 15.6. The van der Waals surface area contributed by atoms with E-state index in [1.165, 1.54) is 11.1 Å². The minimum Gasteiger partial charge on any atom is -0.373 e. The zero-order valence-corrected chi connectivity index (χ0v) is 15.6. The summed E-state index contributed by atoms with van der Waals surface area (Å²) in [4.78, 5) is 15.3. The smallest absolute Gasteiger partial charge is 0.229 e. The maximum absolute atomic E-state index is 13.3. The SMILES string of the molecule is CC(C)n1cc([C@H]2OCC[C@@H]2C(=O)N2CCCc3ccccc3C2)cn1. The molecule has 2 atom stereocenters. The van der Waals surface area contributed by atoms with E-state index in [1.807, 2.05) is 22.0 Å².